The van der Waals surface area contributed by atoms with Gasteiger partial charge in [0.15, 0.2) is 0 Å². The van der Waals surface area contributed by atoms with Crippen molar-refractivity contribution in [2.75, 3.05) is 0 Å². The highest BCUT2D eigenvalue weighted by molar-refractivity contribution is 5.72. The van der Waals surface area contributed by atoms with Gasteiger partial charge in [-0.1, -0.05) is 13.8 Å². The number of hydrogen-bond donors (Lipinski definition) is 2. The summed E-state index contributed by atoms with van der Waals surface area (Å²) in [6, 6.07) is 0. The molecule has 2 N–H and O–H groups in total. The summed E-state index contributed by atoms with van der Waals surface area (Å²) in [7, 11) is 0. The molecule has 0 radical (unpaired) electrons. The van der Waals surface area contributed by atoms with Crippen LogP contribution in [0.5, 0.6) is 0 Å². The molecule has 4 nitrogen and oxygen atoms in total. The van der Waals surface area contributed by atoms with Crippen LogP contribution >= 0.6 is 0 Å². The van der Waals surface area contributed by atoms with Crippen LogP contribution in [0.15, 0.2) is 0 Å². The molecule has 0 heterocycles. The normalized spacial score (nSPS) is 49.2. The van der Waals surface area contributed by atoms with Gasteiger partial charge < -0.3 is 14.9 Å². The monoisotopic (exact) mass is 268 g/mol. The van der Waals surface area contributed by atoms with Crippen molar-refractivity contribution in [3.8, 4) is 0 Å². The molecule has 19 heavy (non-hydrogen) atoms. The van der Waals surface area contributed by atoms with Crippen molar-refractivity contribution in [3.63, 3.8) is 0 Å². The summed E-state index contributed by atoms with van der Waals surface area (Å²) in [6.45, 7) is 3.83. The molecule has 0 aromatic carbocycles. The van der Waals surface area contributed by atoms with E-state index < -0.39 is 16.8 Å². The fourth-order valence-corrected chi connectivity index (χ4v) is 4.84. The fourth-order valence-electron chi connectivity index (χ4n) is 4.84. The number of ether oxygens (including phenoxy) is 1. The molecule has 4 aliphatic carbocycles. The molecule has 0 aromatic rings. The smallest absolute Gasteiger partial charge is 0.309 e. The van der Waals surface area contributed by atoms with Gasteiger partial charge in [0.2, 0.25) is 0 Å². The second-order valence-electron chi connectivity index (χ2n) is 7.37. The van der Waals surface area contributed by atoms with Crippen molar-refractivity contribution in [3.05, 3.63) is 0 Å². The van der Waals surface area contributed by atoms with E-state index in [1.807, 2.05) is 13.8 Å². The van der Waals surface area contributed by atoms with Gasteiger partial charge in [-0.15, -0.1) is 0 Å². The molecular formula is C15H24O4. The largest absolute Gasteiger partial charge is 0.459 e. The molecule has 4 fully saturated rings. The number of aliphatic hydroxyl groups is 2. The molecule has 4 rings (SSSR count). The first-order valence-electron chi connectivity index (χ1n) is 7.45. The standard InChI is InChI=1S/C15H24O4/c1-3-10(2)12(16)19-15-6-11-4-13(17,8-15)7-14(18,5-11)9-15/h10-11,17-18H,3-9H2,1-2H3. The average Bonchev–Trinajstić information content (AvgIpc) is 2.21. The van der Waals surface area contributed by atoms with Crippen LogP contribution in [0.2, 0.25) is 0 Å². The summed E-state index contributed by atoms with van der Waals surface area (Å²) in [5, 5.41) is 21.2. The highest BCUT2D eigenvalue weighted by atomic mass is 16.6. The molecule has 3 atom stereocenters. The van der Waals surface area contributed by atoms with E-state index in [0.717, 1.165) is 25.7 Å². The number of carbonyl (C=O) groups excluding carboxylic acids is 1. The molecule has 0 aliphatic heterocycles. The summed E-state index contributed by atoms with van der Waals surface area (Å²) in [4.78, 5) is 12.1. The minimum atomic E-state index is -0.829. The van der Waals surface area contributed by atoms with Crippen LogP contribution in [-0.4, -0.2) is 33.0 Å². The second kappa shape index (κ2) is 3.95. The first kappa shape index (κ1) is 13.4. The highest BCUT2D eigenvalue weighted by Gasteiger charge is 2.64. The zero-order valence-electron chi connectivity index (χ0n) is 11.8. The quantitative estimate of drug-likeness (QED) is 0.766. The topological polar surface area (TPSA) is 66.8 Å². The third-order valence-electron chi connectivity index (χ3n) is 5.29. The predicted octanol–water partition coefficient (Wildman–Crippen LogP) is 1.77. The van der Waals surface area contributed by atoms with Crippen LogP contribution in [0.3, 0.4) is 0 Å². The molecule has 0 amide bonds. The lowest BCUT2D eigenvalue weighted by Gasteiger charge is -2.62. The van der Waals surface area contributed by atoms with Crippen LogP contribution in [0.25, 0.3) is 0 Å². The lowest BCUT2D eigenvalue weighted by atomic mass is 9.50. The lowest BCUT2D eigenvalue weighted by Crippen LogP contribution is -2.67. The number of carbonyl (C=O) groups is 1. The van der Waals surface area contributed by atoms with E-state index in [-0.39, 0.29) is 17.8 Å². The first-order valence-corrected chi connectivity index (χ1v) is 7.45. The molecule has 4 heteroatoms. The van der Waals surface area contributed by atoms with Gasteiger partial charge in [0, 0.05) is 19.3 Å². The van der Waals surface area contributed by atoms with Gasteiger partial charge in [0.05, 0.1) is 17.1 Å². The second-order valence-corrected chi connectivity index (χ2v) is 7.37. The van der Waals surface area contributed by atoms with E-state index in [2.05, 4.69) is 0 Å². The van der Waals surface area contributed by atoms with E-state index in [9.17, 15) is 15.0 Å². The minimum Gasteiger partial charge on any atom is -0.459 e. The highest BCUT2D eigenvalue weighted by Crippen LogP contribution is 2.60. The van der Waals surface area contributed by atoms with Gasteiger partial charge in [-0.05, 0) is 31.6 Å². The minimum absolute atomic E-state index is 0.114. The lowest BCUT2D eigenvalue weighted by molar-refractivity contribution is -0.262. The molecule has 4 aliphatic rings. The number of esters is 1. The molecular weight excluding hydrogens is 244 g/mol. The van der Waals surface area contributed by atoms with Gasteiger partial charge in [0.25, 0.3) is 0 Å². The summed E-state index contributed by atoms with van der Waals surface area (Å²) in [6.07, 6.45) is 4.50. The van der Waals surface area contributed by atoms with Gasteiger partial charge >= 0.3 is 5.97 Å². The summed E-state index contributed by atoms with van der Waals surface area (Å²) in [5.74, 6) is -0.00933. The summed E-state index contributed by atoms with van der Waals surface area (Å²) < 4.78 is 5.77. The Bertz CT molecular complexity index is 387. The molecule has 4 bridgehead atoms. The first-order chi connectivity index (χ1) is 8.77. The maximum Gasteiger partial charge on any atom is 0.309 e. The maximum atomic E-state index is 12.1. The van der Waals surface area contributed by atoms with Crippen LogP contribution in [0, 0.1) is 11.8 Å². The van der Waals surface area contributed by atoms with Gasteiger partial charge in [-0.2, -0.15) is 0 Å². The Labute approximate surface area is 114 Å². The number of rotatable bonds is 3. The Hall–Kier alpha value is -0.610. The van der Waals surface area contributed by atoms with Crippen molar-refractivity contribution in [2.45, 2.75) is 75.6 Å². The van der Waals surface area contributed by atoms with Crippen molar-refractivity contribution in [1.29, 1.82) is 0 Å². The Morgan fingerprint density at radius 2 is 1.79 bits per heavy atom. The average molecular weight is 268 g/mol. The summed E-state index contributed by atoms with van der Waals surface area (Å²) in [5.41, 5.74) is -2.28. The van der Waals surface area contributed by atoms with E-state index in [0.29, 0.717) is 19.3 Å². The van der Waals surface area contributed by atoms with Crippen molar-refractivity contribution in [2.24, 2.45) is 11.8 Å². The number of hydrogen-bond acceptors (Lipinski definition) is 4. The third kappa shape index (κ3) is 2.19. The van der Waals surface area contributed by atoms with Crippen LogP contribution in [-0.2, 0) is 9.53 Å². The van der Waals surface area contributed by atoms with Crippen LogP contribution in [0.1, 0.15) is 58.8 Å². The van der Waals surface area contributed by atoms with Gasteiger partial charge in [-0.25, -0.2) is 0 Å². The van der Waals surface area contributed by atoms with E-state index in [1.165, 1.54) is 0 Å². The zero-order chi connectivity index (χ0) is 13.9. The Morgan fingerprint density at radius 1 is 1.21 bits per heavy atom. The van der Waals surface area contributed by atoms with E-state index in [1.54, 1.807) is 0 Å². The Kier molecular flexibility index (Phi) is 2.78. The summed E-state index contributed by atoms with van der Waals surface area (Å²) >= 11 is 0. The van der Waals surface area contributed by atoms with Crippen molar-refractivity contribution >= 4 is 5.97 Å². The van der Waals surface area contributed by atoms with Crippen molar-refractivity contribution < 1.29 is 19.7 Å². The Balaban J connectivity index is 1.83. The Morgan fingerprint density at radius 3 is 2.26 bits per heavy atom. The van der Waals surface area contributed by atoms with E-state index >= 15 is 0 Å². The van der Waals surface area contributed by atoms with Crippen LogP contribution < -0.4 is 0 Å². The van der Waals surface area contributed by atoms with Gasteiger partial charge in [0.1, 0.15) is 5.60 Å². The predicted molar refractivity (Wildman–Crippen MR) is 69.4 cm³/mol. The zero-order valence-corrected chi connectivity index (χ0v) is 11.8. The molecule has 4 saturated carbocycles. The fraction of sp³-hybridized carbons (Fsp3) is 0.933. The molecule has 0 aromatic heterocycles. The molecule has 3 unspecified atom stereocenters. The van der Waals surface area contributed by atoms with Gasteiger partial charge in [-0.3, -0.25) is 4.79 Å². The third-order valence-corrected chi connectivity index (χ3v) is 5.29. The maximum absolute atomic E-state index is 12.1. The molecule has 0 saturated heterocycles. The van der Waals surface area contributed by atoms with Crippen LogP contribution in [0.4, 0.5) is 0 Å². The molecule has 0 spiro atoms. The molecule has 108 valence electrons. The SMILES string of the molecule is CCC(C)C(=O)OC12CC3CC(O)(CC(O)(C3)C1)C2. The van der Waals surface area contributed by atoms with Crippen molar-refractivity contribution in [1.82, 2.24) is 0 Å². The van der Waals surface area contributed by atoms with E-state index in [4.69, 9.17) is 4.74 Å².